The highest BCUT2D eigenvalue weighted by Gasteiger charge is 2.05. The van der Waals surface area contributed by atoms with Crippen molar-refractivity contribution < 1.29 is 0 Å². The molecular weight excluding hydrogens is 306 g/mol. The van der Waals surface area contributed by atoms with Crippen LogP contribution in [0, 0.1) is 0 Å². The van der Waals surface area contributed by atoms with Crippen LogP contribution in [0.3, 0.4) is 0 Å². The normalized spacial score (nSPS) is 11.2. The van der Waals surface area contributed by atoms with Gasteiger partial charge in [0.25, 0.3) is 0 Å². The number of aromatic nitrogens is 1. The molecule has 0 fully saturated rings. The van der Waals surface area contributed by atoms with Gasteiger partial charge in [0.15, 0.2) is 0 Å². The molecule has 0 saturated carbocycles. The maximum Gasteiger partial charge on any atom is 0.211 e. The number of aliphatic imine (C=N–C) groups is 1. The quantitative estimate of drug-likeness (QED) is 0.635. The first-order valence-corrected chi connectivity index (χ1v) is 7.00. The Morgan fingerprint density at radius 2 is 2.12 bits per heavy atom. The van der Waals surface area contributed by atoms with Gasteiger partial charge in [-0.2, -0.15) is 0 Å². The van der Waals surface area contributed by atoms with Crippen LogP contribution in [0.4, 0.5) is 5.13 Å². The average Bonchev–Trinajstić information content (AvgIpc) is 2.83. The third kappa shape index (κ3) is 2.90. The van der Waals surface area contributed by atoms with Crippen LogP contribution in [0.25, 0.3) is 9.75 Å². The molecule has 0 bridgehead atoms. The van der Waals surface area contributed by atoms with Crippen molar-refractivity contribution in [2.75, 3.05) is 14.1 Å². The maximum absolute atomic E-state index is 4.26. The summed E-state index contributed by atoms with van der Waals surface area (Å²) in [7, 11) is 3.88. The van der Waals surface area contributed by atoms with Gasteiger partial charge >= 0.3 is 0 Å². The summed E-state index contributed by atoms with van der Waals surface area (Å²) >= 11 is 6.75. The number of halogens is 1. The summed E-state index contributed by atoms with van der Waals surface area (Å²) in [5.74, 6) is 0. The first-order valence-electron chi connectivity index (χ1n) is 4.57. The van der Waals surface area contributed by atoms with Crippen molar-refractivity contribution in [1.82, 2.24) is 9.88 Å². The van der Waals surface area contributed by atoms with E-state index in [0.29, 0.717) is 0 Å². The van der Waals surface area contributed by atoms with E-state index < -0.39 is 0 Å². The molecule has 0 amide bonds. The Labute approximate surface area is 111 Å². The Morgan fingerprint density at radius 1 is 1.31 bits per heavy atom. The van der Waals surface area contributed by atoms with Gasteiger partial charge in [0, 0.05) is 25.2 Å². The maximum atomic E-state index is 4.26. The molecule has 6 heteroatoms. The second-order valence-corrected chi connectivity index (χ2v) is 6.79. The summed E-state index contributed by atoms with van der Waals surface area (Å²) in [6.07, 6.45) is 3.62. The van der Waals surface area contributed by atoms with Crippen molar-refractivity contribution in [3.05, 3.63) is 22.1 Å². The smallest absolute Gasteiger partial charge is 0.211 e. The summed E-state index contributed by atoms with van der Waals surface area (Å²) in [4.78, 5) is 12.8. The van der Waals surface area contributed by atoms with Crippen molar-refractivity contribution >= 4 is 50.1 Å². The van der Waals surface area contributed by atoms with Crippen molar-refractivity contribution in [3.8, 4) is 9.75 Å². The zero-order valence-electron chi connectivity index (χ0n) is 8.85. The lowest BCUT2D eigenvalue weighted by Gasteiger charge is -1.99. The molecule has 0 aliphatic rings. The summed E-state index contributed by atoms with van der Waals surface area (Å²) < 4.78 is 1.13. The van der Waals surface area contributed by atoms with Gasteiger partial charge in [-0.1, -0.05) is 11.3 Å². The molecule has 16 heavy (non-hydrogen) atoms. The minimum absolute atomic E-state index is 0.785. The molecule has 84 valence electrons. The highest BCUT2D eigenvalue weighted by atomic mass is 79.9. The number of hydrogen-bond donors (Lipinski definition) is 0. The fourth-order valence-electron chi connectivity index (χ4n) is 1.05. The largest absolute Gasteiger partial charge is 0.369 e. The van der Waals surface area contributed by atoms with Crippen molar-refractivity contribution in [3.63, 3.8) is 0 Å². The minimum Gasteiger partial charge on any atom is -0.369 e. The Morgan fingerprint density at radius 3 is 2.75 bits per heavy atom. The van der Waals surface area contributed by atoms with Crippen molar-refractivity contribution in [2.45, 2.75) is 0 Å². The van der Waals surface area contributed by atoms with E-state index in [0.717, 1.165) is 13.8 Å². The fourth-order valence-corrected chi connectivity index (χ4v) is 3.27. The Kier molecular flexibility index (Phi) is 3.73. The third-order valence-electron chi connectivity index (χ3n) is 1.71. The zero-order valence-corrected chi connectivity index (χ0v) is 12.1. The number of hydrogen-bond acceptors (Lipinski definition) is 4. The molecule has 0 aromatic carbocycles. The number of thiazole rings is 1. The first kappa shape index (κ1) is 11.8. The Bertz CT molecular complexity index is 502. The molecule has 2 aromatic rings. The van der Waals surface area contributed by atoms with Crippen molar-refractivity contribution in [1.29, 1.82) is 0 Å². The Balaban J connectivity index is 2.19. The van der Waals surface area contributed by atoms with E-state index >= 15 is 0 Å². The standard InChI is InChI=1S/C10H10BrN3S2/c1-14(2)6-13-10-12-5-8(16-10)7-3-4-9(11)15-7/h3-6H,1-2H3. The van der Waals surface area contributed by atoms with Gasteiger partial charge in [-0.25, -0.2) is 9.98 Å². The van der Waals surface area contributed by atoms with Crippen LogP contribution in [0.1, 0.15) is 0 Å². The van der Waals surface area contributed by atoms with Crippen LogP contribution in [0.2, 0.25) is 0 Å². The van der Waals surface area contributed by atoms with Gasteiger partial charge in [0.1, 0.15) is 0 Å². The minimum atomic E-state index is 0.785. The molecule has 0 radical (unpaired) electrons. The molecule has 0 atom stereocenters. The molecule has 0 unspecified atom stereocenters. The van der Waals surface area contributed by atoms with E-state index in [1.807, 2.05) is 31.3 Å². The van der Waals surface area contributed by atoms with Gasteiger partial charge in [0.2, 0.25) is 5.13 Å². The zero-order chi connectivity index (χ0) is 11.5. The predicted molar refractivity (Wildman–Crippen MR) is 75.0 cm³/mol. The lowest BCUT2D eigenvalue weighted by molar-refractivity contribution is 0.643. The van der Waals surface area contributed by atoms with Gasteiger partial charge in [0.05, 0.1) is 15.0 Å². The van der Waals surface area contributed by atoms with Crippen LogP contribution < -0.4 is 0 Å². The first-order chi connectivity index (χ1) is 7.65. The van der Waals surface area contributed by atoms with E-state index in [1.54, 1.807) is 29.0 Å². The summed E-state index contributed by atoms with van der Waals surface area (Å²) in [6, 6.07) is 4.13. The van der Waals surface area contributed by atoms with Crippen LogP contribution in [-0.4, -0.2) is 30.3 Å². The molecule has 0 spiro atoms. The van der Waals surface area contributed by atoms with Crippen LogP contribution >= 0.6 is 38.6 Å². The molecule has 0 N–H and O–H groups in total. The van der Waals surface area contributed by atoms with Crippen LogP contribution in [-0.2, 0) is 0 Å². The average molecular weight is 316 g/mol. The lowest BCUT2D eigenvalue weighted by atomic mass is 10.4. The molecule has 2 rings (SSSR count). The van der Waals surface area contributed by atoms with E-state index in [-0.39, 0.29) is 0 Å². The van der Waals surface area contributed by atoms with E-state index in [1.165, 1.54) is 4.88 Å². The highest BCUT2D eigenvalue weighted by molar-refractivity contribution is 9.11. The number of thiophene rings is 1. The second-order valence-electron chi connectivity index (χ2n) is 3.32. The molecule has 2 heterocycles. The molecule has 3 nitrogen and oxygen atoms in total. The van der Waals surface area contributed by atoms with E-state index in [9.17, 15) is 0 Å². The summed E-state index contributed by atoms with van der Waals surface area (Å²) in [5.41, 5.74) is 0. The van der Waals surface area contributed by atoms with Crippen molar-refractivity contribution in [2.24, 2.45) is 4.99 Å². The third-order valence-corrected chi connectivity index (χ3v) is 4.43. The SMILES string of the molecule is CN(C)C=Nc1ncc(-c2ccc(Br)s2)s1. The number of rotatable bonds is 3. The summed E-state index contributed by atoms with van der Waals surface area (Å²) in [5, 5.41) is 0.785. The highest BCUT2D eigenvalue weighted by Crippen LogP contribution is 2.36. The topological polar surface area (TPSA) is 28.5 Å². The predicted octanol–water partition coefficient (Wildman–Crippen LogP) is 3.86. The van der Waals surface area contributed by atoms with Crippen LogP contribution in [0.5, 0.6) is 0 Å². The lowest BCUT2D eigenvalue weighted by Crippen LogP contribution is -2.06. The molecule has 0 aliphatic heterocycles. The molecule has 2 aromatic heterocycles. The molecule has 0 aliphatic carbocycles. The Hall–Kier alpha value is -0.720. The fraction of sp³-hybridized carbons (Fsp3) is 0.200. The number of nitrogens with zero attached hydrogens (tertiary/aromatic N) is 3. The van der Waals surface area contributed by atoms with Gasteiger partial charge < -0.3 is 4.90 Å². The molecule has 0 saturated heterocycles. The summed E-state index contributed by atoms with van der Waals surface area (Å²) in [6.45, 7) is 0. The molecular formula is C10H10BrN3S2. The van der Waals surface area contributed by atoms with Crippen LogP contribution in [0.15, 0.2) is 27.1 Å². The van der Waals surface area contributed by atoms with E-state index in [2.05, 4.69) is 32.0 Å². The monoisotopic (exact) mass is 315 g/mol. The van der Waals surface area contributed by atoms with Gasteiger partial charge in [-0.3, -0.25) is 0 Å². The van der Waals surface area contributed by atoms with Gasteiger partial charge in [-0.15, -0.1) is 11.3 Å². The second kappa shape index (κ2) is 5.07. The van der Waals surface area contributed by atoms with Gasteiger partial charge in [-0.05, 0) is 28.1 Å². The van der Waals surface area contributed by atoms with E-state index in [4.69, 9.17) is 0 Å².